The van der Waals surface area contributed by atoms with Crippen LogP contribution in [0.5, 0.6) is 5.75 Å². The van der Waals surface area contributed by atoms with Gasteiger partial charge in [0.05, 0.1) is 7.11 Å². The van der Waals surface area contributed by atoms with Gasteiger partial charge in [-0.25, -0.2) is 13.1 Å². The molecule has 1 aromatic heterocycles. The lowest BCUT2D eigenvalue weighted by molar-refractivity contribution is 0.220. The molecule has 132 valence electrons. The molecule has 1 atom stereocenters. The van der Waals surface area contributed by atoms with Gasteiger partial charge in [0.1, 0.15) is 9.96 Å². The van der Waals surface area contributed by atoms with Gasteiger partial charge in [-0.05, 0) is 42.2 Å². The van der Waals surface area contributed by atoms with Crippen LogP contribution in [-0.4, -0.2) is 40.1 Å². The number of methoxy groups -OCH3 is 1. The number of nitrogens with zero attached hydrogens (tertiary/aromatic N) is 1. The van der Waals surface area contributed by atoms with Gasteiger partial charge >= 0.3 is 0 Å². The minimum Gasteiger partial charge on any atom is -0.497 e. The van der Waals surface area contributed by atoms with Gasteiger partial charge < -0.3 is 4.74 Å². The second kappa shape index (κ2) is 8.62. The Morgan fingerprint density at radius 1 is 1.17 bits per heavy atom. The third-order valence-corrected chi connectivity index (χ3v) is 6.80. The fraction of sp³-hybridized carbons (Fsp3) is 0.412. The highest BCUT2D eigenvalue weighted by Gasteiger charge is 2.22. The Bertz CT molecular complexity index is 709. The summed E-state index contributed by atoms with van der Waals surface area (Å²) in [6, 6.07) is 11.1. The molecule has 0 amide bonds. The lowest BCUT2D eigenvalue weighted by Gasteiger charge is -2.30. The Kier molecular flexibility index (Phi) is 6.79. The molecule has 0 saturated carbocycles. The van der Waals surface area contributed by atoms with Crippen molar-refractivity contribution in [2.75, 3.05) is 26.7 Å². The smallest absolute Gasteiger partial charge is 0.250 e. The van der Waals surface area contributed by atoms with Crippen LogP contribution in [0.3, 0.4) is 0 Å². The second-order valence-corrected chi connectivity index (χ2v) is 8.24. The van der Waals surface area contributed by atoms with E-state index in [4.69, 9.17) is 4.74 Å². The number of ether oxygens (including phenoxy) is 1. The van der Waals surface area contributed by atoms with Crippen molar-refractivity contribution in [3.63, 3.8) is 0 Å². The number of hydrogen-bond donors (Lipinski definition) is 1. The SMILES string of the molecule is CCN(CC)C(CNS(=O)(=O)c1cccs1)c1ccc(OC)cc1. The van der Waals surface area contributed by atoms with Gasteiger partial charge in [-0.15, -0.1) is 11.3 Å². The second-order valence-electron chi connectivity index (χ2n) is 5.29. The van der Waals surface area contributed by atoms with E-state index in [1.807, 2.05) is 24.3 Å². The molecule has 0 aliphatic carbocycles. The first-order valence-electron chi connectivity index (χ1n) is 7.93. The lowest BCUT2D eigenvalue weighted by atomic mass is 10.1. The van der Waals surface area contributed by atoms with Crippen molar-refractivity contribution in [2.24, 2.45) is 0 Å². The Hall–Kier alpha value is -1.41. The summed E-state index contributed by atoms with van der Waals surface area (Å²) in [5, 5.41) is 1.76. The molecule has 5 nitrogen and oxygen atoms in total. The maximum Gasteiger partial charge on any atom is 0.250 e. The molecule has 1 aromatic carbocycles. The van der Waals surface area contributed by atoms with E-state index in [-0.39, 0.29) is 6.04 Å². The summed E-state index contributed by atoms with van der Waals surface area (Å²) in [4.78, 5) is 2.23. The molecule has 0 aliphatic rings. The molecule has 1 unspecified atom stereocenters. The molecule has 0 spiro atoms. The number of hydrogen-bond acceptors (Lipinski definition) is 5. The minimum atomic E-state index is -3.47. The van der Waals surface area contributed by atoms with Crippen molar-refractivity contribution < 1.29 is 13.2 Å². The van der Waals surface area contributed by atoms with Crippen LogP contribution >= 0.6 is 11.3 Å². The molecule has 0 fully saturated rings. The number of nitrogens with one attached hydrogen (secondary N) is 1. The van der Waals surface area contributed by atoms with Crippen LogP contribution in [0.25, 0.3) is 0 Å². The van der Waals surface area contributed by atoms with E-state index in [9.17, 15) is 8.42 Å². The van der Waals surface area contributed by atoms with Crippen LogP contribution in [0.1, 0.15) is 25.5 Å². The van der Waals surface area contributed by atoms with Crippen LogP contribution in [0.4, 0.5) is 0 Å². The zero-order chi connectivity index (χ0) is 17.6. The fourth-order valence-electron chi connectivity index (χ4n) is 2.62. The molecule has 0 saturated heterocycles. The number of likely N-dealkylation sites (N-methyl/N-ethyl adjacent to an activating group) is 1. The Morgan fingerprint density at radius 2 is 1.83 bits per heavy atom. The van der Waals surface area contributed by atoms with Gasteiger partial charge in [0.2, 0.25) is 10.0 Å². The molecule has 0 radical (unpaired) electrons. The van der Waals surface area contributed by atoms with Crippen LogP contribution < -0.4 is 9.46 Å². The van der Waals surface area contributed by atoms with E-state index in [2.05, 4.69) is 23.5 Å². The molecule has 24 heavy (non-hydrogen) atoms. The van der Waals surface area contributed by atoms with E-state index in [1.54, 1.807) is 24.6 Å². The average molecular weight is 369 g/mol. The first kappa shape index (κ1) is 18.9. The minimum absolute atomic E-state index is 0.0272. The van der Waals surface area contributed by atoms with Gasteiger partial charge in [-0.1, -0.05) is 32.0 Å². The lowest BCUT2D eigenvalue weighted by Crippen LogP contribution is -2.37. The zero-order valence-electron chi connectivity index (χ0n) is 14.2. The highest BCUT2D eigenvalue weighted by molar-refractivity contribution is 7.91. The summed E-state index contributed by atoms with van der Waals surface area (Å²) in [5.41, 5.74) is 1.06. The quantitative estimate of drug-likeness (QED) is 0.739. The van der Waals surface area contributed by atoms with E-state index in [0.29, 0.717) is 10.8 Å². The van der Waals surface area contributed by atoms with Gasteiger partial charge in [0.15, 0.2) is 0 Å². The summed E-state index contributed by atoms with van der Waals surface area (Å²) in [6.45, 7) is 6.16. The van der Waals surface area contributed by atoms with E-state index < -0.39 is 10.0 Å². The first-order valence-corrected chi connectivity index (χ1v) is 10.3. The highest BCUT2D eigenvalue weighted by atomic mass is 32.2. The molecule has 0 aliphatic heterocycles. The summed E-state index contributed by atoms with van der Waals surface area (Å²) in [6.07, 6.45) is 0. The molecule has 1 N–H and O–H groups in total. The molecular weight excluding hydrogens is 344 g/mol. The van der Waals surface area contributed by atoms with Gasteiger partial charge in [0, 0.05) is 12.6 Å². The topological polar surface area (TPSA) is 58.6 Å². The maximum absolute atomic E-state index is 12.4. The predicted octanol–water partition coefficient (Wildman–Crippen LogP) is 3.12. The van der Waals surface area contributed by atoms with Crippen LogP contribution in [0, 0.1) is 0 Å². The number of thiophene rings is 1. The van der Waals surface area contributed by atoms with Gasteiger partial charge in [0.25, 0.3) is 0 Å². The van der Waals surface area contributed by atoms with Gasteiger partial charge in [-0.2, -0.15) is 0 Å². The fourth-order valence-corrected chi connectivity index (χ4v) is 4.70. The summed E-state index contributed by atoms with van der Waals surface area (Å²) < 4.78 is 33.1. The van der Waals surface area contributed by atoms with Crippen molar-refractivity contribution in [3.8, 4) is 5.75 Å². The molecule has 7 heteroatoms. The van der Waals surface area contributed by atoms with Crippen LogP contribution in [-0.2, 0) is 10.0 Å². The molecule has 1 heterocycles. The van der Waals surface area contributed by atoms with Crippen molar-refractivity contribution >= 4 is 21.4 Å². The standard InChI is InChI=1S/C17H24N2O3S2/c1-4-19(5-2)16(14-8-10-15(22-3)11-9-14)13-18-24(20,21)17-7-6-12-23-17/h6-12,16,18H,4-5,13H2,1-3H3. The van der Waals surface area contributed by atoms with Crippen LogP contribution in [0.15, 0.2) is 46.0 Å². The third-order valence-electron chi connectivity index (χ3n) is 3.98. The van der Waals surface area contributed by atoms with Crippen molar-refractivity contribution in [1.82, 2.24) is 9.62 Å². The molecule has 0 bridgehead atoms. The summed E-state index contributed by atoms with van der Waals surface area (Å²) in [5.74, 6) is 0.788. The first-order chi connectivity index (χ1) is 11.5. The van der Waals surface area contributed by atoms with Crippen molar-refractivity contribution in [2.45, 2.75) is 24.1 Å². The zero-order valence-corrected chi connectivity index (χ0v) is 15.9. The number of rotatable bonds is 9. The average Bonchev–Trinajstić information content (AvgIpc) is 3.14. The molecule has 2 aromatic rings. The monoisotopic (exact) mass is 368 g/mol. The Labute approximate surface area is 148 Å². The Balaban J connectivity index is 2.20. The summed E-state index contributed by atoms with van der Waals surface area (Å²) in [7, 11) is -1.83. The van der Waals surface area contributed by atoms with Crippen molar-refractivity contribution in [1.29, 1.82) is 0 Å². The maximum atomic E-state index is 12.4. The molecular formula is C17H24N2O3S2. The summed E-state index contributed by atoms with van der Waals surface area (Å²) >= 11 is 1.22. The Morgan fingerprint density at radius 3 is 2.33 bits per heavy atom. The van der Waals surface area contributed by atoms with E-state index >= 15 is 0 Å². The normalized spacial score (nSPS) is 13.2. The van der Waals surface area contributed by atoms with Gasteiger partial charge in [-0.3, -0.25) is 4.90 Å². The number of sulfonamides is 1. The van der Waals surface area contributed by atoms with E-state index in [1.165, 1.54) is 11.3 Å². The highest BCUT2D eigenvalue weighted by Crippen LogP contribution is 2.24. The molecule has 2 rings (SSSR count). The van der Waals surface area contributed by atoms with E-state index in [0.717, 1.165) is 24.4 Å². The largest absolute Gasteiger partial charge is 0.497 e. The predicted molar refractivity (Wildman–Crippen MR) is 98.2 cm³/mol. The van der Waals surface area contributed by atoms with Crippen molar-refractivity contribution in [3.05, 3.63) is 47.3 Å². The number of benzene rings is 1. The van der Waals surface area contributed by atoms with Crippen LogP contribution in [0.2, 0.25) is 0 Å². The third kappa shape index (κ3) is 4.57.